The summed E-state index contributed by atoms with van der Waals surface area (Å²) in [5.74, 6) is -1.31. The maximum absolute atomic E-state index is 11.8. The van der Waals surface area contributed by atoms with Gasteiger partial charge in [-0.3, -0.25) is 14.4 Å². The first-order valence-electron chi connectivity index (χ1n) is 5.63. The summed E-state index contributed by atoms with van der Waals surface area (Å²) in [4.78, 5) is 36.8. The van der Waals surface area contributed by atoms with Crippen molar-refractivity contribution in [3.63, 3.8) is 0 Å². The largest absolute Gasteiger partial charge is 0.481 e. The van der Waals surface area contributed by atoms with E-state index in [4.69, 9.17) is 5.11 Å². The fourth-order valence-corrected chi connectivity index (χ4v) is 1.77. The number of carbonyl (C=O) groups excluding carboxylic acids is 2. The zero-order chi connectivity index (χ0) is 13.0. The molecule has 0 aromatic rings. The lowest BCUT2D eigenvalue weighted by Gasteiger charge is -2.32. The number of aliphatic carboxylic acids is 1. The van der Waals surface area contributed by atoms with E-state index >= 15 is 0 Å². The van der Waals surface area contributed by atoms with Crippen LogP contribution in [0.4, 0.5) is 0 Å². The Morgan fingerprint density at radius 1 is 1.35 bits per heavy atom. The number of likely N-dealkylation sites (N-methyl/N-ethyl adjacent to an activating group) is 1. The molecule has 0 bridgehead atoms. The minimum absolute atomic E-state index is 0.0204. The van der Waals surface area contributed by atoms with Crippen molar-refractivity contribution in [2.75, 3.05) is 26.7 Å². The van der Waals surface area contributed by atoms with Crippen LogP contribution in [-0.2, 0) is 14.4 Å². The molecular weight excluding hydrogens is 224 g/mol. The number of nitrogens with zero attached hydrogens (tertiary/aromatic N) is 2. The molecule has 1 aliphatic heterocycles. The van der Waals surface area contributed by atoms with Gasteiger partial charge in [0.25, 0.3) is 0 Å². The molecule has 0 saturated carbocycles. The second-order valence-corrected chi connectivity index (χ2v) is 4.54. The van der Waals surface area contributed by atoms with E-state index in [2.05, 4.69) is 0 Å². The van der Waals surface area contributed by atoms with Crippen LogP contribution in [0.5, 0.6) is 0 Å². The first-order chi connectivity index (χ1) is 7.90. The molecule has 17 heavy (non-hydrogen) atoms. The number of piperazine rings is 1. The van der Waals surface area contributed by atoms with E-state index in [1.165, 1.54) is 4.90 Å². The topological polar surface area (TPSA) is 77.9 Å². The Morgan fingerprint density at radius 3 is 2.53 bits per heavy atom. The standard InChI is InChI=1S/C11H18N2O4/c1-8(6-11(16)17)5-9(14)13-4-3-12(2)10(15)7-13/h8H,3-7H2,1-2H3,(H,16,17). The molecular formula is C11H18N2O4. The number of hydrogen-bond acceptors (Lipinski definition) is 3. The van der Waals surface area contributed by atoms with E-state index in [0.29, 0.717) is 13.1 Å². The first-order valence-corrected chi connectivity index (χ1v) is 5.63. The SMILES string of the molecule is CC(CC(=O)O)CC(=O)N1CCN(C)C(=O)C1. The third kappa shape index (κ3) is 4.05. The van der Waals surface area contributed by atoms with Crippen LogP contribution in [0.2, 0.25) is 0 Å². The maximum Gasteiger partial charge on any atom is 0.303 e. The lowest BCUT2D eigenvalue weighted by atomic mass is 10.0. The van der Waals surface area contributed by atoms with E-state index in [0.717, 1.165) is 0 Å². The van der Waals surface area contributed by atoms with Crippen LogP contribution in [0.3, 0.4) is 0 Å². The number of rotatable bonds is 4. The zero-order valence-corrected chi connectivity index (χ0v) is 10.2. The Bertz CT molecular complexity index is 329. The van der Waals surface area contributed by atoms with Gasteiger partial charge < -0.3 is 14.9 Å². The van der Waals surface area contributed by atoms with Gasteiger partial charge in [0.05, 0.1) is 6.54 Å². The molecule has 1 unspecified atom stereocenters. The van der Waals surface area contributed by atoms with Crippen LogP contribution >= 0.6 is 0 Å². The molecule has 1 atom stereocenters. The summed E-state index contributed by atoms with van der Waals surface area (Å²) in [6, 6.07) is 0. The molecule has 0 aliphatic carbocycles. The molecule has 0 spiro atoms. The highest BCUT2D eigenvalue weighted by molar-refractivity contribution is 5.86. The predicted molar refractivity (Wildman–Crippen MR) is 60.3 cm³/mol. The van der Waals surface area contributed by atoms with Gasteiger partial charge in [-0.15, -0.1) is 0 Å². The highest BCUT2D eigenvalue weighted by Crippen LogP contribution is 2.11. The van der Waals surface area contributed by atoms with E-state index < -0.39 is 5.97 Å². The van der Waals surface area contributed by atoms with Gasteiger partial charge in [-0.25, -0.2) is 0 Å². The maximum atomic E-state index is 11.8. The lowest BCUT2D eigenvalue weighted by Crippen LogP contribution is -2.50. The molecule has 2 amide bonds. The Kier molecular flexibility index (Phi) is 4.48. The average molecular weight is 242 g/mol. The van der Waals surface area contributed by atoms with Gasteiger partial charge >= 0.3 is 5.97 Å². The molecule has 1 aliphatic rings. The average Bonchev–Trinajstić information content (AvgIpc) is 2.20. The highest BCUT2D eigenvalue weighted by atomic mass is 16.4. The summed E-state index contributed by atoms with van der Waals surface area (Å²) in [5.41, 5.74) is 0. The molecule has 6 heteroatoms. The number of carboxylic acid groups (broad SMARTS) is 1. The summed E-state index contributed by atoms with van der Waals surface area (Å²) < 4.78 is 0. The van der Waals surface area contributed by atoms with Crippen molar-refractivity contribution in [2.45, 2.75) is 19.8 Å². The van der Waals surface area contributed by atoms with Gasteiger partial charge in [0, 0.05) is 33.0 Å². The number of amides is 2. The molecule has 0 aromatic carbocycles. The van der Waals surface area contributed by atoms with Crippen molar-refractivity contribution >= 4 is 17.8 Å². The summed E-state index contributed by atoms with van der Waals surface area (Å²) in [5, 5.41) is 8.60. The Balaban J connectivity index is 2.43. The van der Waals surface area contributed by atoms with Crippen LogP contribution in [0.25, 0.3) is 0 Å². The minimum atomic E-state index is -0.903. The van der Waals surface area contributed by atoms with Gasteiger partial charge in [0.1, 0.15) is 0 Å². The molecule has 1 fully saturated rings. The van der Waals surface area contributed by atoms with Gasteiger partial charge in [0.15, 0.2) is 0 Å². The minimum Gasteiger partial charge on any atom is -0.481 e. The summed E-state index contributed by atoms with van der Waals surface area (Å²) in [7, 11) is 1.71. The number of carboxylic acids is 1. The Morgan fingerprint density at radius 2 is 2.00 bits per heavy atom. The quantitative estimate of drug-likeness (QED) is 0.739. The van der Waals surface area contributed by atoms with Crippen molar-refractivity contribution in [3.05, 3.63) is 0 Å². The normalized spacial score (nSPS) is 18.1. The first kappa shape index (κ1) is 13.5. The van der Waals surface area contributed by atoms with Gasteiger partial charge in [-0.2, -0.15) is 0 Å². The van der Waals surface area contributed by atoms with Gasteiger partial charge in [-0.05, 0) is 5.92 Å². The van der Waals surface area contributed by atoms with Crippen molar-refractivity contribution < 1.29 is 19.5 Å². The Labute approximate surface area is 100 Å². The molecule has 6 nitrogen and oxygen atoms in total. The van der Waals surface area contributed by atoms with E-state index in [1.54, 1.807) is 18.9 Å². The fourth-order valence-electron chi connectivity index (χ4n) is 1.77. The number of carbonyl (C=O) groups is 3. The molecule has 96 valence electrons. The predicted octanol–water partition coefficient (Wildman–Crippen LogP) is -0.212. The van der Waals surface area contributed by atoms with Crippen LogP contribution in [0, 0.1) is 5.92 Å². The van der Waals surface area contributed by atoms with Crippen LogP contribution < -0.4 is 0 Å². The van der Waals surface area contributed by atoms with Crippen molar-refractivity contribution in [3.8, 4) is 0 Å². The van der Waals surface area contributed by atoms with E-state index in [9.17, 15) is 14.4 Å². The third-order valence-corrected chi connectivity index (χ3v) is 2.86. The van der Waals surface area contributed by atoms with Crippen molar-refractivity contribution in [2.24, 2.45) is 5.92 Å². The molecule has 0 aromatic heterocycles. The zero-order valence-electron chi connectivity index (χ0n) is 10.2. The molecule has 1 heterocycles. The summed E-state index contributed by atoms with van der Waals surface area (Å²) >= 11 is 0. The third-order valence-electron chi connectivity index (χ3n) is 2.86. The Hall–Kier alpha value is -1.59. The number of hydrogen-bond donors (Lipinski definition) is 1. The second-order valence-electron chi connectivity index (χ2n) is 4.54. The van der Waals surface area contributed by atoms with Gasteiger partial charge in [-0.1, -0.05) is 6.92 Å². The van der Waals surface area contributed by atoms with Gasteiger partial charge in [0.2, 0.25) is 11.8 Å². The van der Waals surface area contributed by atoms with Crippen molar-refractivity contribution in [1.82, 2.24) is 9.80 Å². The fraction of sp³-hybridized carbons (Fsp3) is 0.727. The van der Waals surface area contributed by atoms with Crippen LogP contribution in [-0.4, -0.2) is 59.4 Å². The molecule has 1 saturated heterocycles. The van der Waals surface area contributed by atoms with E-state index in [1.807, 2.05) is 0 Å². The summed E-state index contributed by atoms with van der Waals surface area (Å²) in [6.45, 7) is 2.90. The molecule has 1 rings (SSSR count). The van der Waals surface area contributed by atoms with E-state index in [-0.39, 0.29) is 37.1 Å². The molecule has 1 N–H and O–H groups in total. The monoisotopic (exact) mass is 242 g/mol. The van der Waals surface area contributed by atoms with Crippen LogP contribution in [0.15, 0.2) is 0 Å². The lowest BCUT2D eigenvalue weighted by molar-refractivity contribution is -0.145. The van der Waals surface area contributed by atoms with Crippen molar-refractivity contribution in [1.29, 1.82) is 0 Å². The molecule has 0 radical (unpaired) electrons. The van der Waals surface area contributed by atoms with Crippen LogP contribution in [0.1, 0.15) is 19.8 Å². The smallest absolute Gasteiger partial charge is 0.303 e. The summed E-state index contributed by atoms with van der Waals surface area (Å²) in [6.07, 6.45) is 0.163. The highest BCUT2D eigenvalue weighted by Gasteiger charge is 2.25. The second kappa shape index (κ2) is 5.65.